The van der Waals surface area contributed by atoms with Crippen LogP contribution in [0.1, 0.15) is 16.8 Å². The zero-order chi connectivity index (χ0) is 13.7. The van der Waals surface area contributed by atoms with Crippen molar-refractivity contribution in [3.05, 3.63) is 35.4 Å². The minimum Gasteiger partial charge on any atom is -0.351 e. The van der Waals surface area contributed by atoms with Crippen LogP contribution in [-0.2, 0) is 4.79 Å². The Kier molecular flexibility index (Phi) is 4.76. The Labute approximate surface area is 104 Å². The number of halogens is 2. The van der Waals surface area contributed by atoms with Gasteiger partial charge in [-0.2, -0.15) is 0 Å². The molecule has 0 aliphatic rings. The Balaban J connectivity index is 2.53. The van der Waals surface area contributed by atoms with Gasteiger partial charge < -0.3 is 10.2 Å². The molecule has 0 aromatic heterocycles. The molecule has 1 aromatic carbocycles. The highest BCUT2D eigenvalue weighted by atomic mass is 19.1. The SMILES string of the molecule is CN(C)C(=O)CCNC(=O)c1ccc(F)cc1F. The molecule has 1 aromatic rings. The molecule has 0 heterocycles. The Bertz CT molecular complexity index is 461. The smallest absolute Gasteiger partial charge is 0.254 e. The summed E-state index contributed by atoms with van der Waals surface area (Å²) in [6.45, 7) is 0.104. The minimum absolute atomic E-state index is 0.104. The molecular weight excluding hydrogens is 242 g/mol. The van der Waals surface area contributed by atoms with Gasteiger partial charge in [-0.3, -0.25) is 9.59 Å². The van der Waals surface area contributed by atoms with Crippen molar-refractivity contribution in [2.45, 2.75) is 6.42 Å². The zero-order valence-electron chi connectivity index (χ0n) is 10.2. The summed E-state index contributed by atoms with van der Waals surface area (Å²) in [6.07, 6.45) is 0.127. The third-order valence-electron chi connectivity index (χ3n) is 2.30. The lowest BCUT2D eigenvalue weighted by Crippen LogP contribution is -2.30. The second-order valence-electron chi connectivity index (χ2n) is 3.92. The predicted molar refractivity (Wildman–Crippen MR) is 62.0 cm³/mol. The standard InChI is InChI=1S/C12H14F2N2O2/c1-16(2)11(17)5-6-15-12(18)9-4-3-8(13)7-10(9)14/h3-4,7H,5-6H2,1-2H3,(H,15,18). The maximum absolute atomic E-state index is 13.2. The summed E-state index contributed by atoms with van der Waals surface area (Å²) < 4.78 is 25.9. The lowest BCUT2D eigenvalue weighted by molar-refractivity contribution is -0.128. The molecular formula is C12H14F2N2O2. The molecule has 0 atom stereocenters. The lowest BCUT2D eigenvalue weighted by atomic mass is 10.2. The third kappa shape index (κ3) is 3.80. The number of carbonyl (C=O) groups is 2. The molecule has 18 heavy (non-hydrogen) atoms. The summed E-state index contributed by atoms with van der Waals surface area (Å²) in [5.41, 5.74) is -0.242. The molecule has 0 fully saturated rings. The summed E-state index contributed by atoms with van der Waals surface area (Å²) in [6, 6.07) is 2.70. The van der Waals surface area contributed by atoms with E-state index in [0.29, 0.717) is 6.07 Å². The maximum atomic E-state index is 13.2. The van der Waals surface area contributed by atoms with Crippen LogP contribution in [0.2, 0.25) is 0 Å². The van der Waals surface area contributed by atoms with Crippen LogP contribution in [0.3, 0.4) is 0 Å². The van der Waals surface area contributed by atoms with Crippen molar-refractivity contribution < 1.29 is 18.4 Å². The van der Waals surface area contributed by atoms with E-state index < -0.39 is 17.5 Å². The molecule has 0 spiro atoms. The Morgan fingerprint density at radius 3 is 2.50 bits per heavy atom. The van der Waals surface area contributed by atoms with Crippen LogP contribution in [0.4, 0.5) is 8.78 Å². The number of hydrogen-bond donors (Lipinski definition) is 1. The molecule has 0 radical (unpaired) electrons. The van der Waals surface area contributed by atoms with E-state index in [-0.39, 0.29) is 24.4 Å². The molecule has 98 valence electrons. The highest BCUT2D eigenvalue weighted by Gasteiger charge is 2.12. The average Bonchev–Trinajstić information content (AvgIpc) is 2.28. The fourth-order valence-corrected chi connectivity index (χ4v) is 1.28. The van der Waals surface area contributed by atoms with Gasteiger partial charge in [-0.05, 0) is 12.1 Å². The number of nitrogens with one attached hydrogen (secondary N) is 1. The molecule has 6 heteroatoms. The topological polar surface area (TPSA) is 49.4 Å². The fraction of sp³-hybridized carbons (Fsp3) is 0.333. The van der Waals surface area contributed by atoms with Crippen LogP contribution in [-0.4, -0.2) is 37.4 Å². The van der Waals surface area contributed by atoms with Crippen LogP contribution >= 0.6 is 0 Å². The van der Waals surface area contributed by atoms with Crippen molar-refractivity contribution in [3.63, 3.8) is 0 Å². The second-order valence-corrected chi connectivity index (χ2v) is 3.92. The highest BCUT2D eigenvalue weighted by molar-refractivity contribution is 5.94. The maximum Gasteiger partial charge on any atom is 0.254 e. The summed E-state index contributed by atoms with van der Waals surface area (Å²) in [5.74, 6) is -2.48. The van der Waals surface area contributed by atoms with Crippen LogP contribution in [0.5, 0.6) is 0 Å². The molecule has 0 saturated carbocycles. The van der Waals surface area contributed by atoms with E-state index in [0.717, 1.165) is 12.1 Å². The fourth-order valence-electron chi connectivity index (χ4n) is 1.28. The molecule has 0 bridgehead atoms. The van der Waals surface area contributed by atoms with Crippen molar-refractivity contribution in [1.29, 1.82) is 0 Å². The van der Waals surface area contributed by atoms with E-state index in [1.165, 1.54) is 4.90 Å². The molecule has 1 rings (SSSR count). The molecule has 2 amide bonds. The van der Waals surface area contributed by atoms with Gasteiger partial charge in [-0.15, -0.1) is 0 Å². The number of nitrogens with zero attached hydrogens (tertiary/aromatic N) is 1. The van der Waals surface area contributed by atoms with Gasteiger partial charge in [0.25, 0.3) is 5.91 Å². The van der Waals surface area contributed by atoms with Crippen LogP contribution < -0.4 is 5.32 Å². The number of hydrogen-bond acceptors (Lipinski definition) is 2. The van der Waals surface area contributed by atoms with Crippen molar-refractivity contribution >= 4 is 11.8 Å². The predicted octanol–water partition coefficient (Wildman–Crippen LogP) is 1.17. The zero-order valence-corrected chi connectivity index (χ0v) is 10.2. The summed E-state index contributed by atoms with van der Waals surface area (Å²) in [5, 5.41) is 2.40. The molecule has 0 unspecified atom stereocenters. The van der Waals surface area contributed by atoms with Crippen molar-refractivity contribution in [1.82, 2.24) is 10.2 Å². The molecule has 1 N–H and O–H groups in total. The van der Waals surface area contributed by atoms with Crippen LogP contribution in [0, 0.1) is 11.6 Å². The van der Waals surface area contributed by atoms with E-state index in [4.69, 9.17) is 0 Å². The van der Waals surface area contributed by atoms with E-state index in [1.807, 2.05) is 0 Å². The van der Waals surface area contributed by atoms with Gasteiger partial charge >= 0.3 is 0 Å². The van der Waals surface area contributed by atoms with Crippen LogP contribution in [0.15, 0.2) is 18.2 Å². The largest absolute Gasteiger partial charge is 0.351 e. The number of rotatable bonds is 4. The summed E-state index contributed by atoms with van der Waals surface area (Å²) in [4.78, 5) is 24.1. The number of amides is 2. The first-order valence-electron chi connectivity index (χ1n) is 5.35. The van der Waals surface area contributed by atoms with Gasteiger partial charge in [0.2, 0.25) is 5.91 Å². The number of carbonyl (C=O) groups excluding carboxylic acids is 2. The first kappa shape index (κ1) is 14.1. The lowest BCUT2D eigenvalue weighted by Gasteiger charge is -2.10. The average molecular weight is 256 g/mol. The second kappa shape index (κ2) is 6.09. The molecule has 0 saturated heterocycles. The van der Waals surface area contributed by atoms with Crippen LogP contribution in [0.25, 0.3) is 0 Å². The van der Waals surface area contributed by atoms with Crippen molar-refractivity contribution in [2.75, 3.05) is 20.6 Å². The number of benzene rings is 1. The van der Waals surface area contributed by atoms with Crippen molar-refractivity contribution in [3.8, 4) is 0 Å². The normalized spacial score (nSPS) is 10.0. The van der Waals surface area contributed by atoms with Gasteiger partial charge in [-0.1, -0.05) is 0 Å². The monoisotopic (exact) mass is 256 g/mol. The summed E-state index contributed by atoms with van der Waals surface area (Å²) >= 11 is 0. The van der Waals surface area contributed by atoms with Gasteiger partial charge in [-0.25, -0.2) is 8.78 Å². The quantitative estimate of drug-likeness (QED) is 0.879. The first-order valence-corrected chi connectivity index (χ1v) is 5.35. The van der Waals surface area contributed by atoms with E-state index >= 15 is 0 Å². The van der Waals surface area contributed by atoms with E-state index in [9.17, 15) is 18.4 Å². The summed E-state index contributed by atoms with van der Waals surface area (Å²) in [7, 11) is 3.20. The van der Waals surface area contributed by atoms with E-state index in [2.05, 4.69) is 5.32 Å². The van der Waals surface area contributed by atoms with E-state index in [1.54, 1.807) is 14.1 Å². The van der Waals surface area contributed by atoms with Gasteiger partial charge in [0.1, 0.15) is 11.6 Å². The van der Waals surface area contributed by atoms with Crippen molar-refractivity contribution in [2.24, 2.45) is 0 Å². The highest BCUT2D eigenvalue weighted by Crippen LogP contribution is 2.09. The molecule has 0 aliphatic carbocycles. The Morgan fingerprint density at radius 2 is 1.94 bits per heavy atom. The van der Waals surface area contributed by atoms with Gasteiger partial charge in [0.15, 0.2) is 0 Å². The molecule has 4 nitrogen and oxygen atoms in total. The Morgan fingerprint density at radius 1 is 1.28 bits per heavy atom. The first-order chi connectivity index (χ1) is 8.41. The third-order valence-corrected chi connectivity index (χ3v) is 2.30. The van der Waals surface area contributed by atoms with Gasteiger partial charge in [0.05, 0.1) is 5.56 Å². The Hall–Kier alpha value is -1.98. The minimum atomic E-state index is -0.925. The molecule has 0 aliphatic heterocycles. The van der Waals surface area contributed by atoms with Gasteiger partial charge in [0, 0.05) is 33.1 Å².